The highest BCUT2D eigenvalue weighted by atomic mass is 16.3. The smallest absolute Gasteiger partial charge is 0.122 e. The van der Waals surface area contributed by atoms with Gasteiger partial charge in [-0.05, 0) is 17.9 Å². The topological polar surface area (TPSA) is 29.4 Å². The maximum Gasteiger partial charge on any atom is 0.122 e. The van der Waals surface area contributed by atoms with E-state index in [1.807, 2.05) is 52.0 Å². The van der Waals surface area contributed by atoms with Crippen molar-refractivity contribution in [2.75, 3.05) is 0 Å². The van der Waals surface area contributed by atoms with E-state index in [9.17, 15) is 4.91 Å². The van der Waals surface area contributed by atoms with Crippen LogP contribution in [0.5, 0.6) is 0 Å². The first-order chi connectivity index (χ1) is 6.45. The number of hydrogen-bond acceptors (Lipinski definition) is 2. The molecule has 1 aromatic rings. The van der Waals surface area contributed by atoms with Gasteiger partial charge in [-0.1, -0.05) is 55.8 Å². The molecule has 0 aliphatic heterocycles. The van der Waals surface area contributed by atoms with Crippen LogP contribution in [0, 0.1) is 17.2 Å². The second kappa shape index (κ2) is 3.91. The zero-order valence-electron chi connectivity index (χ0n) is 9.24. The minimum Gasteiger partial charge on any atom is -0.150 e. The lowest BCUT2D eigenvalue weighted by molar-refractivity contribution is 0.327. The lowest BCUT2D eigenvalue weighted by Gasteiger charge is -2.24. The van der Waals surface area contributed by atoms with Crippen molar-refractivity contribution in [2.45, 2.75) is 33.7 Å². The Morgan fingerprint density at radius 2 is 1.64 bits per heavy atom. The molecular formula is C12H17NO. The van der Waals surface area contributed by atoms with Crippen molar-refractivity contribution in [1.29, 1.82) is 0 Å². The Balaban J connectivity index is 3.02. The maximum atomic E-state index is 10.8. The molecule has 1 rings (SSSR count). The highest BCUT2D eigenvalue weighted by Gasteiger charge is 2.26. The van der Waals surface area contributed by atoms with Crippen LogP contribution in [0.2, 0.25) is 0 Å². The second-order valence-corrected chi connectivity index (χ2v) is 4.78. The van der Waals surface area contributed by atoms with Crippen molar-refractivity contribution in [2.24, 2.45) is 10.6 Å². The molecule has 0 radical (unpaired) electrons. The monoisotopic (exact) mass is 191 g/mol. The molecule has 0 saturated carbocycles. The number of benzene rings is 1. The molecule has 0 heterocycles. The zero-order valence-corrected chi connectivity index (χ0v) is 9.24. The molecule has 76 valence electrons. The number of hydrogen-bond donors (Lipinski definition) is 0. The van der Waals surface area contributed by atoms with E-state index < -0.39 is 0 Å². The van der Waals surface area contributed by atoms with Gasteiger partial charge in [0, 0.05) is 0 Å². The Kier molecular flexibility index (Phi) is 3.04. The molecule has 1 atom stereocenters. The molecule has 1 aromatic carbocycles. The van der Waals surface area contributed by atoms with Crippen molar-refractivity contribution < 1.29 is 0 Å². The van der Waals surface area contributed by atoms with Crippen LogP contribution in [0.15, 0.2) is 29.4 Å². The summed E-state index contributed by atoms with van der Waals surface area (Å²) in [6.45, 7) is 8.11. The van der Waals surface area contributed by atoms with Crippen LogP contribution < -0.4 is 0 Å². The predicted molar refractivity (Wildman–Crippen MR) is 59.2 cm³/mol. The van der Waals surface area contributed by atoms with Crippen LogP contribution in [0.3, 0.4) is 0 Å². The summed E-state index contributed by atoms with van der Waals surface area (Å²) < 4.78 is 0. The van der Waals surface area contributed by atoms with E-state index in [2.05, 4.69) is 5.18 Å². The number of rotatable bonds is 2. The van der Waals surface area contributed by atoms with E-state index in [1.165, 1.54) is 5.56 Å². The fourth-order valence-electron chi connectivity index (χ4n) is 1.47. The predicted octanol–water partition coefficient (Wildman–Crippen LogP) is 3.85. The lowest BCUT2D eigenvalue weighted by atomic mass is 9.83. The van der Waals surface area contributed by atoms with Gasteiger partial charge in [0.25, 0.3) is 0 Å². The zero-order chi connectivity index (χ0) is 10.8. The summed E-state index contributed by atoms with van der Waals surface area (Å²) in [4.78, 5) is 10.8. The van der Waals surface area contributed by atoms with E-state index >= 15 is 0 Å². The molecule has 0 saturated heterocycles. The Morgan fingerprint density at radius 3 is 2.00 bits per heavy atom. The summed E-state index contributed by atoms with van der Waals surface area (Å²) in [7, 11) is 0. The van der Waals surface area contributed by atoms with E-state index in [0.29, 0.717) is 0 Å². The van der Waals surface area contributed by atoms with Gasteiger partial charge in [0.15, 0.2) is 0 Å². The standard InChI is InChI=1S/C12H17NO/c1-9-5-7-10(8-6-9)11(13-14)12(2,3)4/h5-8,11H,1-4H3. The number of aryl methyl sites for hydroxylation is 1. The van der Waals surface area contributed by atoms with Crippen LogP contribution in [0.1, 0.15) is 37.9 Å². The van der Waals surface area contributed by atoms with Gasteiger partial charge in [0.2, 0.25) is 0 Å². The molecule has 0 amide bonds. The molecule has 0 aliphatic carbocycles. The van der Waals surface area contributed by atoms with Gasteiger partial charge in [-0.2, -0.15) is 4.91 Å². The summed E-state index contributed by atoms with van der Waals surface area (Å²) in [6.07, 6.45) is 0. The van der Waals surface area contributed by atoms with E-state index in [1.54, 1.807) is 0 Å². The summed E-state index contributed by atoms with van der Waals surface area (Å²) >= 11 is 0. The van der Waals surface area contributed by atoms with E-state index in [0.717, 1.165) is 5.56 Å². The van der Waals surface area contributed by atoms with Gasteiger partial charge in [0.05, 0.1) is 0 Å². The molecule has 2 heteroatoms. The second-order valence-electron chi connectivity index (χ2n) is 4.78. The van der Waals surface area contributed by atoms with Crippen LogP contribution in [-0.2, 0) is 0 Å². The molecule has 1 unspecified atom stereocenters. The van der Waals surface area contributed by atoms with Crippen molar-refractivity contribution in [1.82, 2.24) is 0 Å². The fraction of sp³-hybridized carbons (Fsp3) is 0.500. The van der Waals surface area contributed by atoms with Crippen LogP contribution >= 0.6 is 0 Å². The maximum absolute atomic E-state index is 10.8. The van der Waals surface area contributed by atoms with E-state index in [-0.39, 0.29) is 11.5 Å². The molecule has 0 N–H and O–H groups in total. The summed E-state index contributed by atoms with van der Waals surface area (Å²) in [5, 5.41) is 3.21. The third-order valence-corrected chi connectivity index (χ3v) is 2.32. The molecule has 0 fully saturated rings. The SMILES string of the molecule is Cc1ccc(C(N=O)C(C)(C)C)cc1. The summed E-state index contributed by atoms with van der Waals surface area (Å²) in [6, 6.07) is 7.72. The molecule has 0 aliphatic rings. The third-order valence-electron chi connectivity index (χ3n) is 2.32. The van der Waals surface area contributed by atoms with Gasteiger partial charge in [-0.15, -0.1) is 0 Å². The average molecular weight is 191 g/mol. The molecule has 2 nitrogen and oxygen atoms in total. The van der Waals surface area contributed by atoms with Gasteiger partial charge in [-0.25, -0.2) is 0 Å². The van der Waals surface area contributed by atoms with Crippen LogP contribution in [0.25, 0.3) is 0 Å². The average Bonchev–Trinajstić information content (AvgIpc) is 2.07. The number of nitrogens with zero attached hydrogens (tertiary/aromatic N) is 1. The molecule has 0 aromatic heterocycles. The highest BCUT2D eigenvalue weighted by molar-refractivity contribution is 5.25. The van der Waals surface area contributed by atoms with Crippen molar-refractivity contribution in [3.8, 4) is 0 Å². The molecule has 0 spiro atoms. The van der Waals surface area contributed by atoms with Crippen molar-refractivity contribution >= 4 is 0 Å². The Morgan fingerprint density at radius 1 is 1.14 bits per heavy atom. The Labute approximate surface area is 85.3 Å². The van der Waals surface area contributed by atoms with Crippen LogP contribution in [-0.4, -0.2) is 0 Å². The summed E-state index contributed by atoms with van der Waals surface area (Å²) in [5.41, 5.74) is 2.09. The van der Waals surface area contributed by atoms with Crippen molar-refractivity contribution in [3.63, 3.8) is 0 Å². The first-order valence-corrected chi connectivity index (χ1v) is 4.84. The number of nitroso groups, excluding NO2 is 1. The normalized spacial score (nSPS) is 13.7. The first kappa shape index (κ1) is 10.9. The Hall–Kier alpha value is -1.18. The van der Waals surface area contributed by atoms with Gasteiger partial charge >= 0.3 is 0 Å². The quantitative estimate of drug-likeness (QED) is 0.653. The largest absolute Gasteiger partial charge is 0.150 e. The van der Waals surface area contributed by atoms with Gasteiger partial charge in [-0.3, -0.25) is 0 Å². The molecule has 14 heavy (non-hydrogen) atoms. The van der Waals surface area contributed by atoms with Gasteiger partial charge < -0.3 is 0 Å². The minimum atomic E-state index is -0.261. The first-order valence-electron chi connectivity index (χ1n) is 4.84. The van der Waals surface area contributed by atoms with Crippen molar-refractivity contribution in [3.05, 3.63) is 40.3 Å². The third kappa shape index (κ3) is 2.41. The Bertz CT molecular complexity index is 308. The highest BCUT2D eigenvalue weighted by Crippen LogP contribution is 2.35. The van der Waals surface area contributed by atoms with E-state index in [4.69, 9.17) is 0 Å². The summed E-state index contributed by atoms with van der Waals surface area (Å²) in [5.74, 6) is 0. The van der Waals surface area contributed by atoms with Gasteiger partial charge in [0.1, 0.15) is 6.04 Å². The van der Waals surface area contributed by atoms with Crippen LogP contribution in [0.4, 0.5) is 0 Å². The fourth-order valence-corrected chi connectivity index (χ4v) is 1.47. The lowest BCUT2D eigenvalue weighted by Crippen LogP contribution is -2.16. The minimum absolute atomic E-state index is 0.114. The molecule has 0 bridgehead atoms. The molecular weight excluding hydrogens is 174 g/mol.